The Kier molecular flexibility index (Phi) is 2.72. The number of hydrogen-bond acceptors (Lipinski definition) is 4. The summed E-state index contributed by atoms with van der Waals surface area (Å²) >= 11 is 0. The van der Waals surface area contributed by atoms with Crippen LogP contribution in [0.15, 0.2) is 48.9 Å². The van der Waals surface area contributed by atoms with Gasteiger partial charge in [-0.3, -0.25) is 4.57 Å². The van der Waals surface area contributed by atoms with E-state index in [2.05, 4.69) is 9.97 Å². The van der Waals surface area contributed by atoms with Crippen LogP contribution in [0, 0.1) is 0 Å². The maximum absolute atomic E-state index is 11.6. The van der Waals surface area contributed by atoms with Crippen molar-refractivity contribution in [1.82, 2.24) is 14.5 Å². The number of aromatic nitrogens is 3. The van der Waals surface area contributed by atoms with Gasteiger partial charge in [-0.1, -0.05) is 6.07 Å². The van der Waals surface area contributed by atoms with Gasteiger partial charge in [0.1, 0.15) is 0 Å². The van der Waals surface area contributed by atoms with Gasteiger partial charge in [0.25, 0.3) is 0 Å². The molecule has 94 valence electrons. The van der Waals surface area contributed by atoms with Crippen molar-refractivity contribution < 1.29 is 9.53 Å². The number of nitrogens with zero attached hydrogens (tertiary/aromatic N) is 3. The second kappa shape index (κ2) is 4.53. The molecule has 3 aromatic rings. The third-order valence-corrected chi connectivity index (χ3v) is 2.88. The van der Waals surface area contributed by atoms with Gasteiger partial charge in [-0.25, -0.2) is 14.8 Å². The van der Waals surface area contributed by atoms with Gasteiger partial charge in [-0.2, -0.15) is 0 Å². The fourth-order valence-corrected chi connectivity index (χ4v) is 1.96. The van der Waals surface area contributed by atoms with Crippen molar-refractivity contribution in [2.75, 3.05) is 7.11 Å². The van der Waals surface area contributed by atoms with E-state index in [1.165, 1.54) is 7.11 Å². The molecule has 0 fully saturated rings. The van der Waals surface area contributed by atoms with Crippen LogP contribution in [0.4, 0.5) is 0 Å². The van der Waals surface area contributed by atoms with Gasteiger partial charge in [0, 0.05) is 24.0 Å². The van der Waals surface area contributed by atoms with Crippen LogP contribution in [0.2, 0.25) is 0 Å². The minimum absolute atomic E-state index is 0.358. The predicted octanol–water partition coefficient (Wildman–Crippen LogP) is 2.21. The molecular weight excluding hydrogens is 242 g/mol. The van der Waals surface area contributed by atoms with Crippen molar-refractivity contribution in [1.29, 1.82) is 0 Å². The topological polar surface area (TPSA) is 57.0 Å². The molecule has 5 heteroatoms. The third kappa shape index (κ3) is 1.95. The summed E-state index contributed by atoms with van der Waals surface area (Å²) in [5.74, 6) is 0.211. The molecule has 19 heavy (non-hydrogen) atoms. The zero-order valence-electron chi connectivity index (χ0n) is 10.3. The minimum Gasteiger partial charge on any atom is -0.465 e. The largest absolute Gasteiger partial charge is 0.465 e. The van der Waals surface area contributed by atoms with Gasteiger partial charge in [0.2, 0.25) is 5.95 Å². The predicted molar refractivity (Wildman–Crippen MR) is 70.2 cm³/mol. The summed E-state index contributed by atoms with van der Waals surface area (Å²) < 4.78 is 6.56. The van der Waals surface area contributed by atoms with Crippen molar-refractivity contribution in [2.24, 2.45) is 0 Å². The number of esters is 1. The van der Waals surface area contributed by atoms with E-state index in [1.807, 2.05) is 22.9 Å². The van der Waals surface area contributed by atoms with Crippen LogP contribution < -0.4 is 0 Å². The molecule has 0 amide bonds. The molecule has 2 heterocycles. The molecule has 0 aliphatic carbocycles. The standard InChI is InChI=1S/C14H11N3O2/c1-19-13(18)11-4-3-10-5-8-17(12(10)9-11)14-15-6-2-7-16-14/h2-9H,1H3. The van der Waals surface area contributed by atoms with Gasteiger partial charge in [-0.05, 0) is 24.3 Å². The smallest absolute Gasteiger partial charge is 0.337 e. The highest BCUT2D eigenvalue weighted by molar-refractivity contribution is 5.94. The molecule has 0 unspecified atom stereocenters. The molecule has 0 N–H and O–H groups in total. The second-order valence-corrected chi connectivity index (χ2v) is 4.00. The van der Waals surface area contributed by atoms with E-state index in [0.717, 1.165) is 10.9 Å². The van der Waals surface area contributed by atoms with Crippen LogP contribution in [0.3, 0.4) is 0 Å². The van der Waals surface area contributed by atoms with Crippen molar-refractivity contribution in [2.45, 2.75) is 0 Å². The average Bonchev–Trinajstić information content (AvgIpc) is 2.90. The lowest BCUT2D eigenvalue weighted by Gasteiger charge is -2.04. The number of methoxy groups -OCH3 is 1. The molecule has 0 atom stereocenters. The van der Waals surface area contributed by atoms with Crippen molar-refractivity contribution in [3.63, 3.8) is 0 Å². The highest BCUT2D eigenvalue weighted by Gasteiger charge is 2.10. The van der Waals surface area contributed by atoms with Gasteiger partial charge in [-0.15, -0.1) is 0 Å². The summed E-state index contributed by atoms with van der Waals surface area (Å²) in [6, 6.07) is 9.10. The van der Waals surface area contributed by atoms with Crippen LogP contribution in [0.25, 0.3) is 16.9 Å². The fourth-order valence-electron chi connectivity index (χ4n) is 1.96. The van der Waals surface area contributed by atoms with E-state index < -0.39 is 0 Å². The van der Waals surface area contributed by atoms with E-state index in [4.69, 9.17) is 4.74 Å². The molecule has 0 radical (unpaired) electrons. The third-order valence-electron chi connectivity index (χ3n) is 2.88. The van der Waals surface area contributed by atoms with Gasteiger partial charge >= 0.3 is 5.97 Å². The summed E-state index contributed by atoms with van der Waals surface area (Å²) in [6.45, 7) is 0. The molecule has 1 aromatic carbocycles. The fraction of sp³-hybridized carbons (Fsp3) is 0.0714. The molecule has 0 aliphatic rings. The Morgan fingerprint density at radius 2 is 2.00 bits per heavy atom. The first-order chi connectivity index (χ1) is 9.29. The Hall–Kier alpha value is -2.69. The van der Waals surface area contributed by atoms with Crippen molar-refractivity contribution in [3.05, 3.63) is 54.5 Å². The number of carbonyl (C=O) groups excluding carboxylic acids is 1. The summed E-state index contributed by atoms with van der Waals surface area (Å²) in [4.78, 5) is 20.0. The first-order valence-electron chi connectivity index (χ1n) is 5.76. The molecule has 3 rings (SSSR count). The second-order valence-electron chi connectivity index (χ2n) is 4.00. The van der Waals surface area contributed by atoms with Crippen LogP contribution in [0.1, 0.15) is 10.4 Å². The Bertz CT molecular complexity index is 735. The normalized spacial score (nSPS) is 10.6. The van der Waals surface area contributed by atoms with Crippen LogP contribution in [0.5, 0.6) is 0 Å². The maximum Gasteiger partial charge on any atom is 0.337 e. The Balaban J connectivity index is 2.19. The first kappa shape index (κ1) is 11.4. The number of ether oxygens (including phenoxy) is 1. The molecule has 0 saturated carbocycles. The van der Waals surface area contributed by atoms with Gasteiger partial charge in [0.15, 0.2) is 0 Å². The highest BCUT2D eigenvalue weighted by atomic mass is 16.5. The summed E-state index contributed by atoms with van der Waals surface area (Å²) in [5.41, 5.74) is 1.37. The SMILES string of the molecule is COC(=O)c1ccc2ccn(-c3ncccn3)c2c1. The van der Waals surface area contributed by atoms with E-state index in [0.29, 0.717) is 11.5 Å². The summed E-state index contributed by atoms with van der Waals surface area (Å²) in [7, 11) is 1.37. The van der Waals surface area contributed by atoms with Gasteiger partial charge in [0.05, 0.1) is 18.2 Å². The lowest BCUT2D eigenvalue weighted by atomic mass is 10.1. The highest BCUT2D eigenvalue weighted by Crippen LogP contribution is 2.20. The van der Waals surface area contributed by atoms with Crippen molar-refractivity contribution in [3.8, 4) is 5.95 Å². The molecular formula is C14H11N3O2. The summed E-state index contributed by atoms with van der Waals surface area (Å²) in [6.07, 6.45) is 5.23. The number of fused-ring (bicyclic) bond motifs is 1. The molecule has 0 aliphatic heterocycles. The molecule has 0 spiro atoms. The lowest BCUT2D eigenvalue weighted by Crippen LogP contribution is -2.02. The first-order valence-corrected chi connectivity index (χ1v) is 5.76. The Labute approximate surface area is 109 Å². The lowest BCUT2D eigenvalue weighted by molar-refractivity contribution is 0.0601. The van der Waals surface area contributed by atoms with Crippen molar-refractivity contribution >= 4 is 16.9 Å². The molecule has 2 aromatic heterocycles. The monoisotopic (exact) mass is 253 g/mol. The maximum atomic E-state index is 11.6. The van der Waals surface area contributed by atoms with Crippen LogP contribution in [-0.2, 0) is 4.74 Å². The Morgan fingerprint density at radius 1 is 1.21 bits per heavy atom. The number of hydrogen-bond donors (Lipinski definition) is 0. The molecule has 5 nitrogen and oxygen atoms in total. The number of benzene rings is 1. The van der Waals surface area contributed by atoms with E-state index >= 15 is 0 Å². The quantitative estimate of drug-likeness (QED) is 0.657. The zero-order chi connectivity index (χ0) is 13.2. The molecule has 0 saturated heterocycles. The average molecular weight is 253 g/mol. The van der Waals surface area contributed by atoms with Gasteiger partial charge < -0.3 is 4.74 Å². The minimum atomic E-state index is -0.358. The number of carbonyl (C=O) groups is 1. The zero-order valence-corrected chi connectivity index (χ0v) is 10.3. The molecule has 0 bridgehead atoms. The van der Waals surface area contributed by atoms with Crippen LogP contribution >= 0.6 is 0 Å². The summed E-state index contributed by atoms with van der Waals surface area (Å²) in [5, 5.41) is 1.01. The van der Waals surface area contributed by atoms with E-state index in [-0.39, 0.29) is 5.97 Å². The number of rotatable bonds is 2. The van der Waals surface area contributed by atoms with E-state index in [9.17, 15) is 4.79 Å². The van der Waals surface area contributed by atoms with E-state index in [1.54, 1.807) is 30.6 Å². The van der Waals surface area contributed by atoms with Crippen LogP contribution in [-0.4, -0.2) is 27.6 Å². The Morgan fingerprint density at radius 3 is 2.74 bits per heavy atom.